The third kappa shape index (κ3) is 1.49. The summed E-state index contributed by atoms with van der Waals surface area (Å²) in [6, 6.07) is 0.0500. The molecule has 0 spiro atoms. The van der Waals surface area contributed by atoms with Gasteiger partial charge in [-0.3, -0.25) is 4.79 Å². The van der Waals surface area contributed by atoms with Gasteiger partial charge >= 0.3 is 6.18 Å². The molecule has 1 amide bonds. The molecule has 108 valence electrons. The lowest BCUT2D eigenvalue weighted by atomic mass is 9.76. The quantitative estimate of drug-likeness (QED) is 0.716. The van der Waals surface area contributed by atoms with Crippen molar-refractivity contribution in [1.29, 1.82) is 0 Å². The number of nitrogens with one attached hydrogen (secondary N) is 3. The van der Waals surface area contributed by atoms with E-state index in [1.54, 1.807) is 0 Å². The minimum atomic E-state index is -4.39. The zero-order valence-corrected chi connectivity index (χ0v) is 10.6. The minimum absolute atomic E-state index is 0.0363. The Morgan fingerprint density at radius 1 is 1.40 bits per heavy atom. The highest BCUT2D eigenvalue weighted by molar-refractivity contribution is 5.96. The predicted octanol–water partition coefficient (Wildman–Crippen LogP) is 1.28. The second-order valence-electron chi connectivity index (χ2n) is 5.99. The molecule has 4 nitrogen and oxygen atoms in total. The summed E-state index contributed by atoms with van der Waals surface area (Å²) in [5.74, 6) is -0.242. The number of alkyl halides is 3. The maximum Gasteiger partial charge on any atom is 0.411 e. The van der Waals surface area contributed by atoms with E-state index >= 15 is 0 Å². The van der Waals surface area contributed by atoms with Crippen molar-refractivity contribution in [2.45, 2.75) is 43.4 Å². The van der Waals surface area contributed by atoms with Gasteiger partial charge in [-0.05, 0) is 25.7 Å². The molecule has 0 aromatic carbocycles. The van der Waals surface area contributed by atoms with E-state index in [9.17, 15) is 18.0 Å². The first-order valence-corrected chi connectivity index (χ1v) is 6.77. The molecule has 0 aromatic heterocycles. The first kappa shape index (κ1) is 12.3. The summed E-state index contributed by atoms with van der Waals surface area (Å²) in [6.45, 7) is 0. The molecule has 0 bridgehead atoms. The molecule has 2 atom stereocenters. The fourth-order valence-electron chi connectivity index (χ4n) is 3.30. The van der Waals surface area contributed by atoms with E-state index in [1.165, 1.54) is 5.57 Å². The van der Waals surface area contributed by atoms with Gasteiger partial charge in [0.05, 0.1) is 6.04 Å². The summed E-state index contributed by atoms with van der Waals surface area (Å²) in [7, 11) is 0. The van der Waals surface area contributed by atoms with Gasteiger partial charge in [-0.25, -0.2) is 5.43 Å². The SMILES string of the molecule is O=C(NC1(C(F)(F)F)CCC1)C1=C2C=C3CC3C2NN1. The molecule has 0 aromatic rings. The second-order valence-corrected chi connectivity index (χ2v) is 5.99. The highest BCUT2D eigenvalue weighted by Gasteiger charge is 2.59. The van der Waals surface area contributed by atoms with Gasteiger partial charge in [-0.1, -0.05) is 11.6 Å². The number of carbonyl (C=O) groups is 1. The van der Waals surface area contributed by atoms with Crippen molar-refractivity contribution in [3.8, 4) is 0 Å². The smallest absolute Gasteiger partial charge is 0.336 e. The molecule has 2 saturated carbocycles. The van der Waals surface area contributed by atoms with Gasteiger partial charge in [-0.15, -0.1) is 0 Å². The number of carbonyl (C=O) groups excluding carboxylic acids is 1. The maximum absolute atomic E-state index is 13.1. The molecule has 1 heterocycles. The summed E-state index contributed by atoms with van der Waals surface area (Å²) >= 11 is 0. The lowest BCUT2D eigenvalue weighted by molar-refractivity contribution is -0.218. The molecule has 4 aliphatic rings. The molecule has 0 radical (unpaired) electrons. The Labute approximate surface area is 113 Å². The maximum atomic E-state index is 13.1. The largest absolute Gasteiger partial charge is 0.411 e. The summed E-state index contributed by atoms with van der Waals surface area (Å²) in [5, 5.41) is 2.20. The Balaban J connectivity index is 1.57. The van der Waals surface area contributed by atoms with Crippen molar-refractivity contribution in [2.24, 2.45) is 5.92 Å². The van der Waals surface area contributed by atoms with Gasteiger partial charge in [-0.2, -0.15) is 13.2 Å². The van der Waals surface area contributed by atoms with Crippen LogP contribution in [-0.4, -0.2) is 23.7 Å². The molecular formula is C13H14F3N3O. The number of halogens is 3. The normalized spacial score (nSPS) is 32.9. The Bertz CT molecular complexity index is 560. The van der Waals surface area contributed by atoms with Crippen LogP contribution in [0.5, 0.6) is 0 Å². The molecule has 2 unspecified atom stereocenters. The van der Waals surface area contributed by atoms with E-state index < -0.39 is 17.6 Å². The lowest BCUT2D eigenvalue weighted by Gasteiger charge is -2.43. The number of hydrogen-bond acceptors (Lipinski definition) is 3. The summed E-state index contributed by atoms with van der Waals surface area (Å²) in [5.41, 5.74) is 6.00. The van der Waals surface area contributed by atoms with Crippen molar-refractivity contribution in [3.05, 3.63) is 22.9 Å². The summed E-state index contributed by atoms with van der Waals surface area (Å²) < 4.78 is 39.2. The van der Waals surface area contributed by atoms with Crippen LogP contribution in [0.4, 0.5) is 13.2 Å². The summed E-state index contributed by atoms with van der Waals surface area (Å²) in [4.78, 5) is 12.2. The first-order chi connectivity index (χ1) is 9.41. The number of fused-ring (bicyclic) bond motifs is 3. The molecule has 3 N–H and O–H groups in total. The molecule has 4 rings (SSSR count). The highest BCUT2D eigenvalue weighted by Crippen LogP contribution is 2.51. The molecule has 20 heavy (non-hydrogen) atoms. The van der Waals surface area contributed by atoms with Crippen molar-refractivity contribution < 1.29 is 18.0 Å². The van der Waals surface area contributed by atoms with Crippen LogP contribution in [0.15, 0.2) is 22.9 Å². The van der Waals surface area contributed by atoms with Crippen LogP contribution in [0.2, 0.25) is 0 Å². The molecule has 2 fully saturated rings. The Kier molecular flexibility index (Phi) is 2.19. The average Bonchev–Trinajstić information content (AvgIpc) is 2.79. The third-order valence-corrected chi connectivity index (χ3v) is 4.82. The Morgan fingerprint density at radius 3 is 2.75 bits per heavy atom. The number of amides is 1. The van der Waals surface area contributed by atoms with Crippen LogP contribution in [0, 0.1) is 5.92 Å². The van der Waals surface area contributed by atoms with Gasteiger partial charge in [0, 0.05) is 11.5 Å². The van der Waals surface area contributed by atoms with Crippen LogP contribution in [0.3, 0.4) is 0 Å². The lowest BCUT2D eigenvalue weighted by Crippen LogP contribution is -2.63. The van der Waals surface area contributed by atoms with Crippen LogP contribution in [0.1, 0.15) is 25.7 Å². The average molecular weight is 285 g/mol. The van der Waals surface area contributed by atoms with E-state index in [2.05, 4.69) is 16.2 Å². The first-order valence-electron chi connectivity index (χ1n) is 6.77. The summed E-state index contributed by atoms with van der Waals surface area (Å²) in [6.07, 6.45) is -1.03. The molecule has 1 aliphatic heterocycles. The fourth-order valence-corrected chi connectivity index (χ4v) is 3.30. The van der Waals surface area contributed by atoms with Gasteiger partial charge in [0.25, 0.3) is 5.91 Å². The predicted molar refractivity (Wildman–Crippen MR) is 64.1 cm³/mol. The van der Waals surface area contributed by atoms with Crippen LogP contribution in [0.25, 0.3) is 0 Å². The fraction of sp³-hybridized carbons (Fsp3) is 0.615. The molecule has 7 heteroatoms. The monoisotopic (exact) mass is 285 g/mol. The van der Waals surface area contributed by atoms with Crippen molar-refractivity contribution in [1.82, 2.24) is 16.2 Å². The van der Waals surface area contributed by atoms with Gasteiger partial charge in [0.1, 0.15) is 11.2 Å². The highest BCUT2D eigenvalue weighted by atomic mass is 19.4. The van der Waals surface area contributed by atoms with Crippen LogP contribution in [-0.2, 0) is 4.79 Å². The Hall–Kier alpha value is -1.50. The van der Waals surface area contributed by atoms with Gasteiger partial charge in [0.15, 0.2) is 0 Å². The van der Waals surface area contributed by atoms with E-state index in [-0.39, 0.29) is 24.6 Å². The minimum Gasteiger partial charge on any atom is -0.336 e. The van der Waals surface area contributed by atoms with Crippen molar-refractivity contribution >= 4 is 5.91 Å². The number of rotatable bonds is 2. The van der Waals surface area contributed by atoms with E-state index in [0.29, 0.717) is 12.3 Å². The Morgan fingerprint density at radius 2 is 2.15 bits per heavy atom. The van der Waals surface area contributed by atoms with E-state index in [0.717, 1.165) is 12.0 Å². The standard InChI is InChI=1S/C13H14F3N3O/c14-13(15,16)12(2-1-3-12)17-11(20)10-8-5-6-4-7(6)9(8)18-19-10/h5,7,9,18-19H,1-4H2,(H,17,20). The topological polar surface area (TPSA) is 53.2 Å². The van der Waals surface area contributed by atoms with Gasteiger partial charge < -0.3 is 10.7 Å². The second kappa shape index (κ2) is 3.58. The number of hydrogen-bond donors (Lipinski definition) is 3. The molecule has 0 saturated heterocycles. The molecule has 3 aliphatic carbocycles. The van der Waals surface area contributed by atoms with Crippen molar-refractivity contribution in [3.63, 3.8) is 0 Å². The van der Waals surface area contributed by atoms with Crippen LogP contribution >= 0.6 is 0 Å². The molecular weight excluding hydrogens is 271 g/mol. The van der Waals surface area contributed by atoms with E-state index in [1.807, 2.05) is 6.08 Å². The number of hydrazine groups is 1. The van der Waals surface area contributed by atoms with E-state index in [4.69, 9.17) is 0 Å². The zero-order valence-electron chi connectivity index (χ0n) is 10.6. The zero-order chi connectivity index (χ0) is 14.1. The van der Waals surface area contributed by atoms with Crippen LogP contribution < -0.4 is 16.2 Å². The van der Waals surface area contributed by atoms with Gasteiger partial charge in [0.2, 0.25) is 0 Å². The van der Waals surface area contributed by atoms with Crippen molar-refractivity contribution in [2.75, 3.05) is 0 Å². The third-order valence-electron chi connectivity index (χ3n) is 4.82.